The molecule has 112 valence electrons. The van der Waals surface area contributed by atoms with Crippen molar-refractivity contribution in [3.8, 4) is 0 Å². The molecule has 0 aliphatic rings. The fraction of sp³-hybridized carbons (Fsp3) is 0.375. The topological polar surface area (TPSA) is 46.9 Å². The summed E-state index contributed by atoms with van der Waals surface area (Å²) in [7, 11) is 0. The molecule has 2 aromatic rings. The van der Waals surface area contributed by atoms with Crippen LogP contribution < -0.4 is 5.32 Å². The summed E-state index contributed by atoms with van der Waals surface area (Å²) in [5.74, 6) is -0.419. The van der Waals surface area contributed by atoms with Gasteiger partial charge in [0.15, 0.2) is 0 Å². The van der Waals surface area contributed by atoms with Gasteiger partial charge in [-0.2, -0.15) is 5.10 Å². The molecule has 0 fully saturated rings. The highest BCUT2D eigenvalue weighted by Crippen LogP contribution is 2.16. The van der Waals surface area contributed by atoms with Gasteiger partial charge in [-0.3, -0.25) is 9.48 Å². The summed E-state index contributed by atoms with van der Waals surface area (Å²) < 4.78 is 15.2. The first kappa shape index (κ1) is 15.2. The van der Waals surface area contributed by atoms with Crippen molar-refractivity contribution in [2.24, 2.45) is 0 Å². The molecule has 0 unspecified atom stereocenters. The van der Waals surface area contributed by atoms with E-state index in [0.29, 0.717) is 17.7 Å². The van der Waals surface area contributed by atoms with Crippen LogP contribution in [0.4, 0.5) is 10.1 Å². The number of benzene rings is 1. The fourth-order valence-corrected chi connectivity index (χ4v) is 1.93. The standard InChI is InChI=1S/C16H20FN3O/c1-16(2,3)20-11-13(10-18-20)19-15(21)9-8-12-6-4-5-7-14(12)17/h4-7,10-11H,8-9H2,1-3H3,(H,19,21). The van der Waals surface area contributed by atoms with Crippen molar-refractivity contribution in [3.05, 3.63) is 48.0 Å². The van der Waals surface area contributed by atoms with Gasteiger partial charge in [-0.15, -0.1) is 0 Å². The van der Waals surface area contributed by atoms with Gasteiger partial charge in [0.05, 0.1) is 17.4 Å². The number of nitrogens with zero attached hydrogens (tertiary/aromatic N) is 2. The second-order valence-electron chi connectivity index (χ2n) is 5.98. The van der Waals surface area contributed by atoms with E-state index in [0.717, 1.165) is 0 Å². The number of amides is 1. The zero-order valence-corrected chi connectivity index (χ0v) is 12.6. The Kier molecular flexibility index (Phi) is 4.40. The number of halogens is 1. The normalized spacial score (nSPS) is 11.4. The van der Waals surface area contributed by atoms with Gasteiger partial charge in [0.1, 0.15) is 5.82 Å². The number of nitrogens with one attached hydrogen (secondary N) is 1. The molecule has 2 rings (SSSR count). The van der Waals surface area contributed by atoms with Gasteiger partial charge in [-0.25, -0.2) is 4.39 Å². The van der Waals surface area contributed by atoms with Crippen molar-refractivity contribution in [1.29, 1.82) is 0 Å². The Morgan fingerprint density at radius 2 is 2.05 bits per heavy atom. The molecule has 0 aliphatic carbocycles. The number of aromatic nitrogens is 2. The van der Waals surface area contributed by atoms with Crippen molar-refractivity contribution in [3.63, 3.8) is 0 Å². The summed E-state index contributed by atoms with van der Waals surface area (Å²) in [5.41, 5.74) is 1.08. The third kappa shape index (κ3) is 4.15. The van der Waals surface area contributed by atoms with E-state index in [9.17, 15) is 9.18 Å². The van der Waals surface area contributed by atoms with Gasteiger partial charge in [0.25, 0.3) is 0 Å². The smallest absolute Gasteiger partial charge is 0.224 e. The van der Waals surface area contributed by atoms with Crippen LogP contribution in [0.15, 0.2) is 36.7 Å². The predicted octanol–water partition coefficient (Wildman–Crippen LogP) is 3.35. The summed E-state index contributed by atoms with van der Waals surface area (Å²) >= 11 is 0. The minimum atomic E-state index is -0.272. The van der Waals surface area contributed by atoms with Crippen molar-refractivity contribution >= 4 is 11.6 Å². The number of hydrogen-bond acceptors (Lipinski definition) is 2. The molecule has 0 aliphatic heterocycles. The van der Waals surface area contributed by atoms with E-state index in [1.165, 1.54) is 6.07 Å². The number of aryl methyl sites for hydroxylation is 1. The number of carbonyl (C=O) groups excluding carboxylic acids is 1. The van der Waals surface area contributed by atoms with E-state index in [1.807, 2.05) is 20.8 Å². The van der Waals surface area contributed by atoms with Crippen molar-refractivity contribution in [2.45, 2.75) is 39.2 Å². The van der Waals surface area contributed by atoms with Crippen LogP contribution in [0.25, 0.3) is 0 Å². The third-order valence-corrected chi connectivity index (χ3v) is 3.13. The number of rotatable bonds is 4. The first-order valence-corrected chi connectivity index (χ1v) is 6.94. The third-order valence-electron chi connectivity index (χ3n) is 3.13. The van der Waals surface area contributed by atoms with Crippen LogP contribution in [-0.4, -0.2) is 15.7 Å². The molecule has 0 radical (unpaired) electrons. The molecule has 0 atom stereocenters. The Morgan fingerprint density at radius 1 is 1.33 bits per heavy atom. The maximum Gasteiger partial charge on any atom is 0.224 e. The van der Waals surface area contributed by atoms with Gasteiger partial charge < -0.3 is 5.32 Å². The van der Waals surface area contributed by atoms with Crippen LogP contribution >= 0.6 is 0 Å². The Balaban J connectivity index is 1.90. The first-order valence-electron chi connectivity index (χ1n) is 6.94. The molecule has 0 bridgehead atoms. The van der Waals surface area contributed by atoms with E-state index < -0.39 is 0 Å². The van der Waals surface area contributed by atoms with E-state index >= 15 is 0 Å². The Hall–Kier alpha value is -2.17. The van der Waals surface area contributed by atoms with Crippen LogP contribution in [0.2, 0.25) is 0 Å². The fourth-order valence-electron chi connectivity index (χ4n) is 1.93. The van der Waals surface area contributed by atoms with Gasteiger partial charge in [-0.1, -0.05) is 18.2 Å². The predicted molar refractivity (Wildman–Crippen MR) is 80.6 cm³/mol. The highest BCUT2D eigenvalue weighted by molar-refractivity contribution is 5.90. The minimum absolute atomic E-state index is 0.129. The molecule has 1 aromatic carbocycles. The van der Waals surface area contributed by atoms with E-state index in [1.54, 1.807) is 35.3 Å². The average molecular weight is 289 g/mol. The zero-order valence-electron chi connectivity index (χ0n) is 12.6. The molecule has 1 N–H and O–H groups in total. The van der Waals surface area contributed by atoms with Crippen LogP contribution in [0, 0.1) is 5.82 Å². The summed E-state index contributed by atoms with van der Waals surface area (Å²) in [6, 6.07) is 6.50. The van der Waals surface area contributed by atoms with E-state index in [-0.39, 0.29) is 23.7 Å². The molecule has 21 heavy (non-hydrogen) atoms. The lowest BCUT2D eigenvalue weighted by molar-refractivity contribution is -0.116. The lowest BCUT2D eigenvalue weighted by atomic mass is 10.1. The van der Waals surface area contributed by atoms with E-state index in [2.05, 4.69) is 10.4 Å². The summed E-state index contributed by atoms with van der Waals surface area (Å²) in [5, 5.41) is 6.99. The Morgan fingerprint density at radius 3 is 2.67 bits per heavy atom. The van der Waals surface area contributed by atoms with Crippen molar-refractivity contribution in [2.75, 3.05) is 5.32 Å². The molecule has 1 amide bonds. The molecular formula is C16H20FN3O. The van der Waals surface area contributed by atoms with Crippen molar-refractivity contribution < 1.29 is 9.18 Å². The number of anilines is 1. The lowest BCUT2D eigenvalue weighted by Crippen LogP contribution is -2.22. The molecule has 1 heterocycles. The molecule has 0 saturated heterocycles. The SMILES string of the molecule is CC(C)(C)n1cc(NC(=O)CCc2ccccc2F)cn1. The van der Waals surface area contributed by atoms with Crippen LogP contribution in [0.3, 0.4) is 0 Å². The van der Waals surface area contributed by atoms with Crippen LogP contribution in [0.1, 0.15) is 32.8 Å². The first-order chi connectivity index (χ1) is 9.86. The minimum Gasteiger partial charge on any atom is -0.323 e. The molecule has 5 heteroatoms. The summed E-state index contributed by atoms with van der Waals surface area (Å²) in [6.45, 7) is 6.09. The quantitative estimate of drug-likeness (QED) is 0.938. The maximum atomic E-state index is 13.5. The van der Waals surface area contributed by atoms with Crippen LogP contribution in [-0.2, 0) is 16.8 Å². The lowest BCUT2D eigenvalue weighted by Gasteiger charge is -2.18. The molecule has 0 spiro atoms. The van der Waals surface area contributed by atoms with Gasteiger partial charge in [0.2, 0.25) is 5.91 Å². The highest BCUT2D eigenvalue weighted by atomic mass is 19.1. The molecule has 1 aromatic heterocycles. The maximum absolute atomic E-state index is 13.5. The number of hydrogen-bond donors (Lipinski definition) is 1. The average Bonchev–Trinajstić information content (AvgIpc) is 2.86. The molecular weight excluding hydrogens is 269 g/mol. The second-order valence-corrected chi connectivity index (χ2v) is 5.98. The largest absolute Gasteiger partial charge is 0.323 e. The van der Waals surface area contributed by atoms with Gasteiger partial charge in [-0.05, 0) is 38.8 Å². The van der Waals surface area contributed by atoms with Gasteiger partial charge >= 0.3 is 0 Å². The summed E-state index contributed by atoms with van der Waals surface area (Å²) in [6.07, 6.45) is 4.03. The van der Waals surface area contributed by atoms with E-state index in [4.69, 9.17) is 0 Å². The zero-order chi connectivity index (χ0) is 15.5. The number of carbonyl (C=O) groups is 1. The molecule has 0 saturated carbocycles. The highest BCUT2D eigenvalue weighted by Gasteiger charge is 2.14. The second kappa shape index (κ2) is 6.08. The monoisotopic (exact) mass is 289 g/mol. The van der Waals surface area contributed by atoms with Crippen molar-refractivity contribution in [1.82, 2.24) is 9.78 Å². The van der Waals surface area contributed by atoms with Gasteiger partial charge in [0, 0.05) is 12.6 Å². The molecule has 4 nitrogen and oxygen atoms in total. The Labute approximate surface area is 124 Å². The van der Waals surface area contributed by atoms with Crippen LogP contribution in [0.5, 0.6) is 0 Å². The Bertz CT molecular complexity index is 628. The summed E-state index contributed by atoms with van der Waals surface area (Å²) in [4.78, 5) is 11.9.